The molecule has 5 heteroatoms. The maximum atomic E-state index is 5.91. The standard InChI is InChI=1S/C11H18N4S/c1-7(2)5-15-9(4-13-11(15)12)10-14-8(3)6-16-10/h6-7,9H,4-5H2,1-3H3,(H2,12,13). The Labute approximate surface area is 100 Å². The average Bonchev–Trinajstić information content (AvgIpc) is 2.75. The van der Waals surface area contributed by atoms with Gasteiger partial charge in [0.2, 0.25) is 0 Å². The summed E-state index contributed by atoms with van der Waals surface area (Å²) in [5, 5.41) is 3.21. The number of nitrogens with two attached hydrogens (primary N) is 1. The average molecular weight is 238 g/mol. The maximum Gasteiger partial charge on any atom is 0.192 e. The highest BCUT2D eigenvalue weighted by molar-refractivity contribution is 7.09. The third kappa shape index (κ3) is 2.19. The minimum Gasteiger partial charge on any atom is -0.370 e. The fraction of sp³-hybridized carbons (Fsp3) is 0.636. The van der Waals surface area contributed by atoms with Crippen LogP contribution in [-0.4, -0.2) is 28.9 Å². The molecule has 2 rings (SSSR count). The number of aryl methyl sites for hydroxylation is 1. The molecule has 1 unspecified atom stereocenters. The summed E-state index contributed by atoms with van der Waals surface area (Å²) in [5.41, 5.74) is 6.99. The van der Waals surface area contributed by atoms with E-state index in [4.69, 9.17) is 5.73 Å². The quantitative estimate of drug-likeness (QED) is 0.873. The van der Waals surface area contributed by atoms with Gasteiger partial charge in [0.15, 0.2) is 5.96 Å². The second-order valence-electron chi connectivity index (χ2n) is 4.59. The summed E-state index contributed by atoms with van der Waals surface area (Å²) in [4.78, 5) is 11.0. The van der Waals surface area contributed by atoms with E-state index in [0.717, 1.165) is 23.8 Å². The molecule has 0 spiro atoms. The highest BCUT2D eigenvalue weighted by atomic mass is 32.1. The topological polar surface area (TPSA) is 54.5 Å². The highest BCUT2D eigenvalue weighted by Crippen LogP contribution is 2.28. The molecule has 1 aliphatic rings. The number of thiazole rings is 1. The molecule has 0 bridgehead atoms. The molecule has 4 nitrogen and oxygen atoms in total. The molecule has 0 aromatic carbocycles. The van der Waals surface area contributed by atoms with Crippen LogP contribution in [0.15, 0.2) is 10.4 Å². The Hall–Kier alpha value is -1.10. The van der Waals surface area contributed by atoms with Gasteiger partial charge in [-0.05, 0) is 12.8 Å². The maximum absolute atomic E-state index is 5.91. The fourth-order valence-corrected chi connectivity index (χ4v) is 2.78. The van der Waals surface area contributed by atoms with Gasteiger partial charge in [-0.15, -0.1) is 11.3 Å². The molecule has 88 valence electrons. The number of rotatable bonds is 3. The molecule has 2 N–H and O–H groups in total. The van der Waals surface area contributed by atoms with E-state index in [1.54, 1.807) is 11.3 Å². The first-order chi connectivity index (χ1) is 7.58. The molecule has 1 aliphatic heterocycles. The van der Waals surface area contributed by atoms with Crippen LogP contribution in [-0.2, 0) is 0 Å². The predicted molar refractivity (Wildman–Crippen MR) is 67.6 cm³/mol. The van der Waals surface area contributed by atoms with Crippen LogP contribution >= 0.6 is 11.3 Å². The lowest BCUT2D eigenvalue weighted by atomic mass is 10.2. The zero-order chi connectivity index (χ0) is 11.7. The zero-order valence-electron chi connectivity index (χ0n) is 9.97. The van der Waals surface area contributed by atoms with Crippen molar-refractivity contribution in [2.45, 2.75) is 26.8 Å². The van der Waals surface area contributed by atoms with Crippen molar-refractivity contribution in [3.05, 3.63) is 16.1 Å². The first kappa shape index (κ1) is 11.4. The monoisotopic (exact) mass is 238 g/mol. The van der Waals surface area contributed by atoms with Gasteiger partial charge in [-0.2, -0.15) is 0 Å². The SMILES string of the molecule is Cc1csc(C2CN=C(N)N2CC(C)C)n1. The molecule has 0 radical (unpaired) electrons. The Balaban J connectivity index is 2.16. The molecule has 16 heavy (non-hydrogen) atoms. The van der Waals surface area contributed by atoms with Crippen LogP contribution in [0.2, 0.25) is 0 Å². The van der Waals surface area contributed by atoms with Gasteiger partial charge in [0.05, 0.1) is 6.54 Å². The van der Waals surface area contributed by atoms with Crippen LogP contribution in [0, 0.1) is 12.8 Å². The van der Waals surface area contributed by atoms with Crippen LogP contribution in [0.5, 0.6) is 0 Å². The van der Waals surface area contributed by atoms with Gasteiger partial charge in [0, 0.05) is 17.6 Å². The van der Waals surface area contributed by atoms with Gasteiger partial charge in [0.1, 0.15) is 11.0 Å². The van der Waals surface area contributed by atoms with Crippen LogP contribution in [0.4, 0.5) is 0 Å². The van der Waals surface area contributed by atoms with Crippen molar-refractivity contribution in [1.29, 1.82) is 0 Å². The second kappa shape index (κ2) is 4.41. The molecular weight excluding hydrogens is 220 g/mol. The minimum atomic E-state index is 0.251. The number of aliphatic imine (C=N–C) groups is 1. The van der Waals surface area contributed by atoms with E-state index in [1.165, 1.54) is 0 Å². The van der Waals surface area contributed by atoms with Crippen LogP contribution in [0.3, 0.4) is 0 Å². The lowest BCUT2D eigenvalue weighted by Crippen LogP contribution is -2.38. The van der Waals surface area contributed by atoms with E-state index in [0.29, 0.717) is 11.9 Å². The molecule has 0 amide bonds. The number of aromatic nitrogens is 1. The summed E-state index contributed by atoms with van der Waals surface area (Å²) in [7, 11) is 0. The van der Waals surface area contributed by atoms with Crippen molar-refractivity contribution in [2.75, 3.05) is 13.1 Å². The Morgan fingerprint density at radius 2 is 2.38 bits per heavy atom. The summed E-state index contributed by atoms with van der Waals surface area (Å²) >= 11 is 1.70. The smallest absolute Gasteiger partial charge is 0.192 e. The van der Waals surface area contributed by atoms with Gasteiger partial charge >= 0.3 is 0 Å². The fourth-order valence-electron chi connectivity index (χ4n) is 1.88. The number of nitrogens with zero attached hydrogens (tertiary/aromatic N) is 3. The van der Waals surface area contributed by atoms with Crippen LogP contribution in [0.25, 0.3) is 0 Å². The van der Waals surface area contributed by atoms with Crippen molar-refractivity contribution in [1.82, 2.24) is 9.88 Å². The molecular formula is C11H18N4S. The molecule has 1 atom stereocenters. The molecule has 1 aromatic rings. The van der Waals surface area contributed by atoms with Crippen molar-refractivity contribution < 1.29 is 0 Å². The summed E-state index contributed by atoms with van der Waals surface area (Å²) < 4.78 is 0. The molecule has 1 aromatic heterocycles. The summed E-state index contributed by atoms with van der Waals surface area (Å²) in [6, 6.07) is 0.251. The van der Waals surface area contributed by atoms with Crippen molar-refractivity contribution in [3.8, 4) is 0 Å². The van der Waals surface area contributed by atoms with Gasteiger partial charge in [-0.3, -0.25) is 4.99 Å². The van der Waals surface area contributed by atoms with E-state index in [-0.39, 0.29) is 6.04 Å². The van der Waals surface area contributed by atoms with E-state index in [2.05, 4.69) is 34.1 Å². The summed E-state index contributed by atoms with van der Waals surface area (Å²) in [6.45, 7) is 8.08. The molecule has 0 saturated carbocycles. The Morgan fingerprint density at radius 1 is 1.62 bits per heavy atom. The second-order valence-corrected chi connectivity index (χ2v) is 5.48. The van der Waals surface area contributed by atoms with Crippen molar-refractivity contribution >= 4 is 17.3 Å². The minimum absolute atomic E-state index is 0.251. The first-order valence-electron chi connectivity index (χ1n) is 5.56. The molecule has 0 saturated heterocycles. The largest absolute Gasteiger partial charge is 0.370 e. The van der Waals surface area contributed by atoms with Crippen molar-refractivity contribution in [2.24, 2.45) is 16.6 Å². The first-order valence-corrected chi connectivity index (χ1v) is 6.44. The Bertz CT molecular complexity index is 396. The molecule has 2 heterocycles. The van der Waals surface area contributed by atoms with Crippen LogP contribution in [0.1, 0.15) is 30.6 Å². The third-order valence-corrected chi connectivity index (χ3v) is 3.64. The number of hydrogen-bond donors (Lipinski definition) is 1. The molecule has 0 fully saturated rings. The van der Waals surface area contributed by atoms with E-state index in [1.807, 2.05) is 6.92 Å². The Kier molecular flexibility index (Phi) is 3.14. The summed E-state index contributed by atoms with van der Waals surface area (Å²) in [6.07, 6.45) is 0. The zero-order valence-corrected chi connectivity index (χ0v) is 10.8. The van der Waals surface area contributed by atoms with Gasteiger partial charge < -0.3 is 10.6 Å². The third-order valence-electron chi connectivity index (χ3n) is 2.58. The summed E-state index contributed by atoms with van der Waals surface area (Å²) in [5.74, 6) is 1.24. The highest BCUT2D eigenvalue weighted by Gasteiger charge is 2.29. The number of guanidine groups is 1. The van der Waals surface area contributed by atoms with Gasteiger partial charge in [0.25, 0.3) is 0 Å². The van der Waals surface area contributed by atoms with Crippen molar-refractivity contribution in [3.63, 3.8) is 0 Å². The lowest BCUT2D eigenvalue weighted by Gasteiger charge is -2.26. The van der Waals surface area contributed by atoms with E-state index in [9.17, 15) is 0 Å². The van der Waals surface area contributed by atoms with E-state index < -0.39 is 0 Å². The van der Waals surface area contributed by atoms with Gasteiger partial charge in [-0.25, -0.2) is 4.98 Å². The Morgan fingerprint density at radius 3 is 2.94 bits per heavy atom. The van der Waals surface area contributed by atoms with E-state index >= 15 is 0 Å². The molecule has 0 aliphatic carbocycles. The lowest BCUT2D eigenvalue weighted by molar-refractivity contribution is 0.308. The normalized spacial score (nSPS) is 20.6. The number of hydrogen-bond acceptors (Lipinski definition) is 5. The van der Waals surface area contributed by atoms with Gasteiger partial charge in [-0.1, -0.05) is 13.8 Å². The predicted octanol–water partition coefficient (Wildman–Crippen LogP) is 1.78. The van der Waals surface area contributed by atoms with Crippen LogP contribution < -0.4 is 5.73 Å².